The molecule has 3 rings (SSSR count). The van der Waals surface area contributed by atoms with Crippen LogP contribution in [0.4, 0.5) is 0 Å². The number of nitrogens with zero attached hydrogens (tertiary/aromatic N) is 1. The summed E-state index contributed by atoms with van der Waals surface area (Å²) in [7, 11) is -1.66. The summed E-state index contributed by atoms with van der Waals surface area (Å²) in [6.07, 6.45) is 5.55. The Morgan fingerprint density at radius 3 is 2.60 bits per heavy atom. The first kappa shape index (κ1) is 22.7. The summed E-state index contributed by atoms with van der Waals surface area (Å²) in [6.45, 7) is 2.41. The van der Waals surface area contributed by atoms with Gasteiger partial charge < -0.3 is 15.0 Å². The van der Waals surface area contributed by atoms with Crippen molar-refractivity contribution in [2.45, 2.75) is 57.5 Å². The number of sulfone groups is 1. The molecule has 2 unspecified atom stereocenters. The standard InChI is InChI=1S/C22H32N2O5S/c1-3-20(18-9-8-16-6-4-5-7-17(16)14-18)23-21(25)22(26)24(11-12-29-2)19-10-13-30(27,28)15-19/h8-9,14,19-20H,3-7,10-13,15H2,1-2H3,(H,23,25). The molecule has 2 amide bonds. The van der Waals surface area contributed by atoms with Crippen molar-refractivity contribution in [2.75, 3.05) is 31.8 Å². The molecule has 2 atom stereocenters. The quantitative estimate of drug-likeness (QED) is 0.658. The lowest BCUT2D eigenvalue weighted by Crippen LogP contribution is -2.50. The van der Waals surface area contributed by atoms with Crippen LogP contribution in [0.5, 0.6) is 0 Å². The minimum Gasteiger partial charge on any atom is -0.383 e. The number of ether oxygens (including phenoxy) is 1. The third kappa shape index (κ3) is 5.40. The van der Waals surface area contributed by atoms with Crippen LogP contribution in [0.15, 0.2) is 18.2 Å². The van der Waals surface area contributed by atoms with Gasteiger partial charge in [0.1, 0.15) is 0 Å². The van der Waals surface area contributed by atoms with Crippen LogP contribution in [0.25, 0.3) is 0 Å². The monoisotopic (exact) mass is 436 g/mol. The molecule has 2 aliphatic rings. The van der Waals surface area contributed by atoms with E-state index in [4.69, 9.17) is 4.74 Å². The van der Waals surface area contributed by atoms with Gasteiger partial charge in [-0.2, -0.15) is 0 Å². The number of hydrogen-bond acceptors (Lipinski definition) is 5. The number of methoxy groups -OCH3 is 1. The van der Waals surface area contributed by atoms with Gasteiger partial charge in [-0.15, -0.1) is 0 Å². The molecular weight excluding hydrogens is 404 g/mol. The molecule has 1 saturated heterocycles. The molecule has 1 aromatic carbocycles. The van der Waals surface area contributed by atoms with Gasteiger partial charge in [0.15, 0.2) is 9.84 Å². The number of nitrogens with one attached hydrogen (secondary N) is 1. The first-order valence-electron chi connectivity index (χ1n) is 10.8. The second-order valence-electron chi connectivity index (χ2n) is 8.22. The fourth-order valence-electron chi connectivity index (χ4n) is 4.40. The molecule has 1 aliphatic heterocycles. The molecular formula is C22H32N2O5S. The highest BCUT2D eigenvalue weighted by Crippen LogP contribution is 2.26. The van der Waals surface area contributed by atoms with Crippen LogP contribution in [0, 0.1) is 0 Å². The number of carbonyl (C=O) groups is 2. The van der Waals surface area contributed by atoms with E-state index in [-0.39, 0.29) is 30.7 Å². The molecule has 1 aromatic rings. The molecule has 0 radical (unpaired) electrons. The van der Waals surface area contributed by atoms with Crippen molar-refractivity contribution in [1.29, 1.82) is 0 Å². The fourth-order valence-corrected chi connectivity index (χ4v) is 6.13. The minimum absolute atomic E-state index is 0.0444. The average Bonchev–Trinajstić information content (AvgIpc) is 3.10. The summed E-state index contributed by atoms with van der Waals surface area (Å²) in [6, 6.07) is 5.58. The highest BCUT2D eigenvalue weighted by molar-refractivity contribution is 7.91. The summed E-state index contributed by atoms with van der Waals surface area (Å²) in [5, 5.41) is 2.87. The highest BCUT2D eigenvalue weighted by Gasteiger charge is 2.37. The maximum atomic E-state index is 12.9. The van der Waals surface area contributed by atoms with E-state index in [0.717, 1.165) is 18.4 Å². The first-order chi connectivity index (χ1) is 14.3. The Morgan fingerprint density at radius 2 is 1.97 bits per heavy atom. The zero-order valence-corrected chi connectivity index (χ0v) is 18.7. The topological polar surface area (TPSA) is 92.8 Å². The Kier molecular flexibility index (Phi) is 7.52. The van der Waals surface area contributed by atoms with Crippen LogP contribution in [0.3, 0.4) is 0 Å². The van der Waals surface area contributed by atoms with Crippen LogP contribution < -0.4 is 5.32 Å². The van der Waals surface area contributed by atoms with E-state index >= 15 is 0 Å². The van der Waals surface area contributed by atoms with Gasteiger partial charge >= 0.3 is 11.8 Å². The van der Waals surface area contributed by atoms with Crippen LogP contribution in [-0.2, 0) is 37.0 Å². The number of amides is 2. The number of aryl methyl sites for hydroxylation is 2. The van der Waals surface area contributed by atoms with Gasteiger partial charge in [0.05, 0.1) is 24.2 Å². The summed E-state index contributed by atoms with van der Waals surface area (Å²) in [5.41, 5.74) is 3.71. The molecule has 1 N–H and O–H groups in total. The van der Waals surface area contributed by atoms with Crippen molar-refractivity contribution in [1.82, 2.24) is 10.2 Å². The van der Waals surface area contributed by atoms with E-state index in [2.05, 4.69) is 17.4 Å². The molecule has 1 fully saturated rings. The number of benzene rings is 1. The maximum Gasteiger partial charge on any atom is 0.312 e. The van der Waals surface area contributed by atoms with E-state index in [1.54, 1.807) is 0 Å². The number of fused-ring (bicyclic) bond motifs is 1. The van der Waals surface area contributed by atoms with Gasteiger partial charge in [-0.3, -0.25) is 9.59 Å². The summed E-state index contributed by atoms with van der Waals surface area (Å²) in [4.78, 5) is 27.1. The molecule has 1 heterocycles. The lowest BCUT2D eigenvalue weighted by molar-refractivity contribution is -0.148. The summed E-state index contributed by atoms with van der Waals surface area (Å²) >= 11 is 0. The number of hydrogen-bond donors (Lipinski definition) is 1. The second-order valence-corrected chi connectivity index (χ2v) is 10.4. The zero-order chi connectivity index (χ0) is 21.7. The predicted molar refractivity (Wildman–Crippen MR) is 115 cm³/mol. The number of carbonyl (C=O) groups excluding carboxylic acids is 2. The summed E-state index contributed by atoms with van der Waals surface area (Å²) < 4.78 is 28.8. The van der Waals surface area contributed by atoms with Crippen molar-refractivity contribution in [3.8, 4) is 0 Å². The van der Waals surface area contributed by atoms with Crippen LogP contribution in [-0.4, -0.2) is 62.9 Å². The molecule has 30 heavy (non-hydrogen) atoms. The van der Waals surface area contributed by atoms with E-state index in [1.807, 2.05) is 13.0 Å². The lowest BCUT2D eigenvalue weighted by Gasteiger charge is -2.28. The molecule has 0 bridgehead atoms. The molecule has 166 valence electrons. The van der Waals surface area contributed by atoms with Crippen molar-refractivity contribution in [3.05, 3.63) is 34.9 Å². The van der Waals surface area contributed by atoms with Crippen LogP contribution >= 0.6 is 0 Å². The molecule has 0 saturated carbocycles. The van der Waals surface area contributed by atoms with E-state index in [0.29, 0.717) is 12.8 Å². The molecule has 8 heteroatoms. The highest BCUT2D eigenvalue weighted by atomic mass is 32.2. The fraction of sp³-hybridized carbons (Fsp3) is 0.636. The Labute approximate surface area is 179 Å². The minimum atomic E-state index is -3.17. The van der Waals surface area contributed by atoms with E-state index in [1.165, 1.54) is 36.0 Å². The SMILES string of the molecule is CCC(NC(=O)C(=O)N(CCOC)C1CCS(=O)(=O)C1)c1ccc2c(c1)CCCC2. The molecule has 0 aromatic heterocycles. The molecule has 0 spiro atoms. The Balaban J connectivity index is 1.72. The first-order valence-corrected chi connectivity index (χ1v) is 12.6. The van der Waals surface area contributed by atoms with Gasteiger partial charge in [-0.1, -0.05) is 25.1 Å². The number of rotatable bonds is 7. The smallest absolute Gasteiger partial charge is 0.312 e. The van der Waals surface area contributed by atoms with Crippen LogP contribution in [0.1, 0.15) is 55.3 Å². The third-order valence-corrected chi connectivity index (χ3v) is 7.88. The Hall–Kier alpha value is -1.93. The van der Waals surface area contributed by atoms with Gasteiger partial charge in [-0.05, 0) is 55.2 Å². The van der Waals surface area contributed by atoms with Crippen molar-refractivity contribution < 1.29 is 22.7 Å². The third-order valence-electron chi connectivity index (χ3n) is 6.13. The lowest BCUT2D eigenvalue weighted by atomic mass is 9.89. The second kappa shape index (κ2) is 9.92. The van der Waals surface area contributed by atoms with Crippen LogP contribution in [0.2, 0.25) is 0 Å². The Bertz CT molecular complexity index is 884. The molecule has 1 aliphatic carbocycles. The van der Waals surface area contributed by atoms with Gasteiger partial charge in [-0.25, -0.2) is 8.42 Å². The van der Waals surface area contributed by atoms with Gasteiger partial charge in [0.2, 0.25) is 0 Å². The van der Waals surface area contributed by atoms with E-state index in [9.17, 15) is 18.0 Å². The zero-order valence-electron chi connectivity index (χ0n) is 17.9. The average molecular weight is 437 g/mol. The van der Waals surface area contributed by atoms with Crippen molar-refractivity contribution in [3.63, 3.8) is 0 Å². The predicted octanol–water partition coefficient (Wildman–Crippen LogP) is 1.79. The van der Waals surface area contributed by atoms with Gasteiger partial charge in [0, 0.05) is 19.7 Å². The summed E-state index contributed by atoms with van der Waals surface area (Å²) in [5.74, 6) is -1.44. The van der Waals surface area contributed by atoms with Crippen molar-refractivity contribution >= 4 is 21.7 Å². The molecule has 7 nitrogen and oxygen atoms in total. The maximum absolute atomic E-state index is 12.9. The largest absolute Gasteiger partial charge is 0.383 e. The normalized spacial score (nSPS) is 20.9. The Morgan fingerprint density at radius 1 is 1.23 bits per heavy atom. The van der Waals surface area contributed by atoms with E-state index < -0.39 is 27.7 Å². The van der Waals surface area contributed by atoms with Crippen molar-refractivity contribution in [2.24, 2.45) is 0 Å². The van der Waals surface area contributed by atoms with Gasteiger partial charge in [0.25, 0.3) is 0 Å².